The number of unbranched alkanes of at least 4 members (excludes halogenated alkanes) is 2. The number of hydrogen-bond acceptors (Lipinski definition) is 6. The van der Waals surface area contributed by atoms with E-state index in [4.69, 9.17) is 10.1 Å². The molecule has 0 aromatic carbocycles. The molecule has 4 unspecified atom stereocenters. The van der Waals surface area contributed by atoms with Gasteiger partial charge in [0.1, 0.15) is 17.1 Å². The van der Waals surface area contributed by atoms with Gasteiger partial charge in [-0.15, -0.1) is 0 Å². The number of aromatic amines is 1. The third-order valence-corrected chi connectivity index (χ3v) is 12.5. The molecule has 2 amide bonds. The lowest BCUT2D eigenvalue weighted by Crippen LogP contribution is -2.37. The lowest BCUT2D eigenvalue weighted by Gasteiger charge is -2.22. The smallest absolute Gasteiger partial charge is 0.270 e. The fraction of sp³-hybridized carbons (Fsp3) is 0.768. The fourth-order valence-electron chi connectivity index (χ4n) is 7.25. The Bertz CT molecular complexity index is 1620. The van der Waals surface area contributed by atoms with Gasteiger partial charge in [-0.2, -0.15) is 5.10 Å². The van der Waals surface area contributed by atoms with Crippen LogP contribution in [0.1, 0.15) is 254 Å². The zero-order valence-corrected chi connectivity index (χ0v) is 46.2. The van der Waals surface area contributed by atoms with E-state index in [0.717, 1.165) is 72.8 Å². The number of allylic oxidation sites excluding steroid dienone is 3. The third-order valence-electron chi connectivity index (χ3n) is 12.5. The Hall–Kier alpha value is -3.69. The molecule has 10 heteroatoms. The van der Waals surface area contributed by atoms with Gasteiger partial charge in [0, 0.05) is 37.8 Å². The molecule has 0 spiro atoms. The van der Waals surface area contributed by atoms with Gasteiger partial charge in [0.05, 0.1) is 23.7 Å². The first-order chi connectivity index (χ1) is 31.0. The van der Waals surface area contributed by atoms with Crippen LogP contribution in [0.15, 0.2) is 41.9 Å². The van der Waals surface area contributed by atoms with Crippen LogP contribution in [0.25, 0.3) is 0 Å². The molecule has 4 N–H and O–H groups in total. The van der Waals surface area contributed by atoms with Crippen molar-refractivity contribution >= 4 is 17.5 Å². The summed E-state index contributed by atoms with van der Waals surface area (Å²) in [6, 6.07) is 1.67. The Morgan fingerprint density at radius 2 is 1.56 bits per heavy atom. The zero-order chi connectivity index (χ0) is 50.9. The number of nitrogens with one attached hydrogen (secondary N) is 4. The average molecular weight is 925 g/mol. The SMILES string of the molecule is C=C(C)OC(C)(C)C.CCC(C)=C(C)C(=N)CC1CCCNC1=O.CCC(C)CCCC(NC(=O)c1ccnn1C)c1cnc(C)[nH]1.CCCC.CCCC.CCCC1(CC(C)CC)CC1. The quantitative estimate of drug-likeness (QED) is 0.0774. The summed E-state index contributed by atoms with van der Waals surface area (Å²) >= 11 is 0. The summed E-state index contributed by atoms with van der Waals surface area (Å²) in [5.74, 6) is 3.35. The van der Waals surface area contributed by atoms with Gasteiger partial charge in [0.25, 0.3) is 5.91 Å². The second kappa shape index (κ2) is 36.4. The molecule has 4 atom stereocenters. The van der Waals surface area contributed by atoms with E-state index in [1.165, 1.54) is 82.6 Å². The van der Waals surface area contributed by atoms with Gasteiger partial charge < -0.3 is 25.8 Å². The van der Waals surface area contributed by atoms with Crippen LogP contribution in [0.3, 0.4) is 0 Å². The highest BCUT2D eigenvalue weighted by atomic mass is 16.5. The summed E-state index contributed by atoms with van der Waals surface area (Å²) in [5.41, 5.74) is 5.20. The molecule has 66 heavy (non-hydrogen) atoms. The Balaban J connectivity index is 0. The van der Waals surface area contributed by atoms with Gasteiger partial charge in [0.15, 0.2) is 0 Å². The van der Waals surface area contributed by atoms with Crippen molar-refractivity contribution in [3.63, 3.8) is 0 Å². The van der Waals surface area contributed by atoms with Crippen LogP contribution < -0.4 is 10.6 Å². The van der Waals surface area contributed by atoms with Crippen LogP contribution >= 0.6 is 0 Å². The Labute approximate surface area is 407 Å². The number of carbonyl (C=O) groups excluding carboxylic acids is 2. The highest BCUT2D eigenvalue weighted by Gasteiger charge is 2.41. The normalized spacial score (nSPS) is 16.3. The molecule has 1 saturated heterocycles. The molecule has 1 aliphatic heterocycles. The predicted octanol–water partition coefficient (Wildman–Crippen LogP) is 15.8. The molecule has 3 heterocycles. The Morgan fingerprint density at radius 3 is 1.95 bits per heavy atom. The van der Waals surface area contributed by atoms with E-state index in [-0.39, 0.29) is 29.4 Å². The molecular weight excluding hydrogens is 819 g/mol. The second-order valence-electron chi connectivity index (χ2n) is 20.2. The van der Waals surface area contributed by atoms with Gasteiger partial charge in [0.2, 0.25) is 5.91 Å². The Kier molecular flexibility index (Phi) is 35.5. The molecule has 0 bridgehead atoms. The van der Waals surface area contributed by atoms with Crippen molar-refractivity contribution in [2.75, 3.05) is 6.54 Å². The number of aryl methyl sites for hydroxylation is 2. The van der Waals surface area contributed by atoms with E-state index in [1.54, 1.807) is 24.0 Å². The van der Waals surface area contributed by atoms with Crippen LogP contribution in [0, 0.1) is 35.5 Å². The number of aromatic nitrogens is 4. The van der Waals surface area contributed by atoms with Crippen LogP contribution in [-0.4, -0.2) is 49.4 Å². The average Bonchev–Trinajstić information content (AvgIpc) is 3.64. The molecule has 1 saturated carbocycles. The van der Waals surface area contributed by atoms with Crippen molar-refractivity contribution < 1.29 is 14.3 Å². The van der Waals surface area contributed by atoms with Crippen molar-refractivity contribution in [1.29, 1.82) is 5.41 Å². The minimum atomic E-state index is -0.106. The molecule has 2 aliphatic rings. The van der Waals surface area contributed by atoms with Crippen LogP contribution in [0.2, 0.25) is 0 Å². The minimum Gasteiger partial charge on any atom is -0.493 e. The number of rotatable bonds is 20. The monoisotopic (exact) mass is 924 g/mol. The molecule has 1 aliphatic carbocycles. The highest BCUT2D eigenvalue weighted by Crippen LogP contribution is 2.54. The number of nitrogens with zero attached hydrogens (tertiary/aromatic N) is 3. The first-order valence-corrected chi connectivity index (χ1v) is 26.2. The van der Waals surface area contributed by atoms with Gasteiger partial charge >= 0.3 is 0 Å². The van der Waals surface area contributed by atoms with Crippen molar-refractivity contribution in [3.05, 3.63) is 59.2 Å². The van der Waals surface area contributed by atoms with Gasteiger partial charge in [-0.05, 0) is 129 Å². The van der Waals surface area contributed by atoms with E-state index in [0.29, 0.717) is 23.7 Å². The van der Waals surface area contributed by atoms with E-state index in [2.05, 4.69) is 108 Å². The maximum Gasteiger partial charge on any atom is 0.270 e. The summed E-state index contributed by atoms with van der Waals surface area (Å²) in [4.78, 5) is 31.5. The second-order valence-corrected chi connectivity index (χ2v) is 20.2. The number of hydrogen-bond donors (Lipinski definition) is 4. The molecule has 4 rings (SSSR count). The van der Waals surface area contributed by atoms with E-state index in [1.807, 2.05) is 47.7 Å². The summed E-state index contributed by atoms with van der Waals surface area (Å²) in [6.45, 7) is 40.6. The first kappa shape index (κ1) is 64.4. The van der Waals surface area contributed by atoms with E-state index < -0.39 is 0 Å². The number of piperidine rings is 1. The van der Waals surface area contributed by atoms with Gasteiger partial charge in [-0.1, -0.05) is 139 Å². The molecule has 2 aromatic heterocycles. The zero-order valence-electron chi connectivity index (χ0n) is 46.2. The number of carbonyl (C=O) groups is 2. The molecule has 0 radical (unpaired) electrons. The van der Waals surface area contributed by atoms with E-state index in [9.17, 15) is 9.59 Å². The minimum absolute atomic E-state index is 0.0147. The number of imidazole rings is 1. The standard InChI is InChI=1S/C17H27N5O.C13H22N2O.C11H22.C7H14O.2C4H10/c1-5-12(2)7-6-8-14(15-11-18-13(3)20-15)21-17(23)16-9-10-19-22(16)4;1-4-9(2)10(3)12(14)8-11-6-5-7-15-13(11)16;1-4-6-11(7-8-11)9-10(3)5-2;1-6(2)8-7(3,4)5;2*1-3-4-2/h9-12,14H,5-8H2,1-4H3,(H,18,20)(H,21,23);11,14H,4-8H2,1-3H3,(H,15,16);10H,4-9H2,1-3H3;1H2,2-5H3;2*3-4H2,1-2H3. The molecular formula is C56H105N7O3. The summed E-state index contributed by atoms with van der Waals surface area (Å²) in [7, 11) is 1.77. The van der Waals surface area contributed by atoms with Crippen molar-refractivity contribution in [1.82, 2.24) is 30.4 Å². The van der Waals surface area contributed by atoms with Crippen LogP contribution in [0.4, 0.5) is 0 Å². The number of H-pyrrole nitrogens is 1. The summed E-state index contributed by atoms with van der Waals surface area (Å²) < 4.78 is 6.83. The highest BCUT2D eigenvalue weighted by molar-refractivity contribution is 6.00. The van der Waals surface area contributed by atoms with Crippen molar-refractivity contribution in [3.8, 4) is 0 Å². The summed E-state index contributed by atoms with van der Waals surface area (Å²) in [6.07, 6.45) is 25.4. The van der Waals surface area contributed by atoms with Gasteiger partial charge in [-0.3, -0.25) is 14.3 Å². The Morgan fingerprint density at radius 1 is 0.970 bits per heavy atom. The largest absolute Gasteiger partial charge is 0.493 e. The molecule has 2 aromatic rings. The van der Waals surface area contributed by atoms with Crippen LogP contribution in [-0.2, 0) is 16.6 Å². The van der Waals surface area contributed by atoms with Crippen molar-refractivity contribution in [2.24, 2.45) is 30.2 Å². The summed E-state index contributed by atoms with van der Waals surface area (Å²) in [5, 5.41) is 18.0. The predicted molar refractivity (Wildman–Crippen MR) is 284 cm³/mol. The number of amides is 2. The third kappa shape index (κ3) is 30.6. The lowest BCUT2D eigenvalue weighted by atomic mass is 9.88. The first-order valence-electron chi connectivity index (χ1n) is 26.2. The maximum absolute atomic E-state index is 12.5. The molecule has 2 fully saturated rings. The topological polar surface area (TPSA) is 138 Å². The maximum atomic E-state index is 12.5. The molecule has 382 valence electrons. The number of ether oxygens (including phenoxy) is 1. The van der Waals surface area contributed by atoms with Crippen molar-refractivity contribution in [2.45, 2.75) is 245 Å². The van der Waals surface area contributed by atoms with E-state index >= 15 is 0 Å². The molecule has 10 nitrogen and oxygen atoms in total. The lowest BCUT2D eigenvalue weighted by molar-refractivity contribution is -0.126. The van der Waals surface area contributed by atoms with Crippen LogP contribution in [0.5, 0.6) is 0 Å². The fourth-order valence-corrected chi connectivity index (χ4v) is 7.25. The van der Waals surface area contributed by atoms with Gasteiger partial charge in [-0.25, -0.2) is 4.98 Å².